The number of benzene rings is 2. The minimum absolute atomic E-state index is 0.0672. The number of aromatic nitrogens is 4. The van der Waals surface area contributed by atoms with Gasteiger partial charge in [0.1, 0.15) is 11.6 Å². The first-order valence-electron chi connectivity index (χ1n) is 8.76. The average molecular weight is 442 g/mol. The SMILES string of the molecule is O=C(CSc1nnc2ccc(-c3cccc([N+](=O)[O-])c3)nn12)Nc1ccc(F)cc1F. The quantitative estimate of drug-likeness (QED) is 0.275. The van der Waals surface area contributed by atoms with Crippen LogP contribution in [-0.2, 0) is 4.79 Å². The number of fused-ring (bicyclic) bond motifs is 1. The van der Waals surface area contributed by atoms with Crippen LogP contribution in [0.25, 0.3) is 16.9 Å². The first-order valence-corrected chi connectivity index (χ1v) is 9.74. The van der Waals surface area contributed by atoms with Crippen LogP contribution in [0.5, 0.6) is 0 Å². The van der Waals surface area contributed by atoms with Gasteiger partial charge < -0.3 is 5.32 Å². The molecule has 31 heavy (non-hydrogen) atoms. The van der Waals surface area contributed by atoms with Crippen LogP contribution < -0.4 is 5.32 Å². The molecule has 156 valence electrons. The number of carbonyl (C=O) groups is 1. The van der Waals surface area contributed by atoms with Crippen molar-refractivity contribution in [1.82, 2.24) is 19.8 Å². The summed E-state index contributed by atoms with van der Waals surface area (Å²) in [4.78, 5) is 22.6. The number of amides is 1. The molecular formula is C19H12F2N6O3S. The molecule has 1 amide bonds. The number of nitro groups is 1. The van der Waals surface area contributed by atoms with Crippen LogP contribution in [0, 0.1) is 21.7 Å². The number of hydrogen-bond acceptors (Lipinski definition) is 7. The lowest BCUT2D eigenvalue weighted by molar-refractivity contribution is -0.384. The van der Waals surface area contributed by atoms with Gasteiger partial charge in [-0.15, -0.1) is 10.2 Å². The third-order valence-corrected chi connectivity index (χ3v) is 5.04. The predicted molar refractivity (Wildman–Crippen MR) is 109 cm³/mol. The first kappa shape index (κ1) is 20.3. The maximum absolute atomic E-state index is 13.7. The van der Waals surface area contributed by atoms with Gasteiger partial charge >= 0.3 is 0 Å². The third kappa shape index (κ3) is 4.48. The van der Waals surface area contributed by atoms with Crippen LogP contribution in [-0.4, -0.2) is 36.4 Å². The van der Waals surface area contributed by atoms with Crippen LogP contribution >= 0.6 is 11.8 Å². The van der Waals surface area contributed by atoms with E-state index in [1.807, 2.05) is 0 Å². The molecule has 0 saturated carbocycles. The fourth-order valence-corrected chi connectivity index (χ4v) is 3.39. The van der Waals surface area contributed by atoms with Crippen LogP contribution in [0.15, 0.2) is 59.8 Å². The Bertz CT molecular complexity index is 1310. The molecule has 2 aromatic heterocycles. The Morgan fingerprint density at radius 1 is 1.13 bits per heavy atom. The summed E-state index contributed by atoms with van der Waals surface area (Å²) in [5.74, 6) is -2.28. The Morgan fingerprint density at radius 3 is 2.74 bits per heavy atom. The highest BCUT2D eigenvalue weighted by Crippen LogP contribution is 2.24. The summed E-state index contributed by atoms with van der Waals surface area (Å²) in [7, 11) is 0. The maximum atomic E-state index is 13.7. The molecule has 0 fully saturated rings. The topological polar surface area (TPSA) is 115 Å². The number of anilines is 1. The number of nitro benzene ring substituents is 1. The third-order valence-electron chi connectivity index (χ3n) is 4.12. The molecule has 12 heteroatoms. The fraction of sp³-hybridized carbons (Fsp3) is 0.0526. The van der Waals surface area contributed by atoms with Crippen LogP contribution in [0.2, 0.25) is 0 Å². The first-order chi connectivity index (χ1) is 14.9. The zero-order chi connectivity index (χ0) is 22.0. The molecule has 0 unspecified atom stereocenters. The van der Waals surface area contributed by atoms with Gasteiger partial charge in [-0.2, -0.15) is 9.61 Å². The minimum atomic E-state index is -0.880. The van der Waals surface area contributed by atoms with E-state index < -0.39 is 22.5 Å². The molecule has 0 atom stereocenters. The van der Waals surface area contributed by atoms with E-state index in [1.165, 1.54) is 16.6 Å². The molecule has 4 aromatic rings. The fourth-order valence-electron chi connectivity index (χ4n) is 2.70. The number of nitrogens with zero attached hydrogens (tertiary/aromatic N) is 5. The lowest BCUT2D eigenvalue weighted by Gasteiger charge is -2.06. The Hall–Kier alpha value is -3.93. The molecular weight excluding hydrogens is 430 g/mol. The van der Waals surface area contributed by atoms with Gasteiger partial charge in [0, 0.05) is 23.8 Å². The van der Waals surface area contributed by atoms with Gasteiger partial charge in [0.05, 0.1) is 22.1 Å². The molecule has 4 rings (SSSR count). The van der Waals surface area contributed by atoms with E-state index >= 15 is 0 Å². The molecule has 0 saturated heterocycles. The summed E-state index contributed by atoms with van der Waals surface area (Å²) in [5.41, 5.74) is 1.20. The zero-order valence-electron chi connectivity index (χ0n) is 15.5. The summed E-state index contributed by atoms with van der Waals surface area (Å²) in [6, 6.07) is 12.2. The van der Waals surface area contributed by atoms with Gasteiger partial charge in [0.2, 0.25) is 11.1 Å². The van der Waals surface area contributed by atoms with Crippen molar-refractivity contribution in [3.63, 3.8) is 0 Å². The highest BCUT2D eigenvalue weighted by molar-refractivity contribution is 7.99. The number of carbonyl (C=O) groups excluding carboxylic acids is 1. The van der Waals surface area contributed by atoms with Gasteiger partial charge in [-0.3, -0.25) is 14.9 Å². The standard InChI is InChI=1S/C19H12F2N6O3S/c20-12-4-5-16(14(21)9-12)22-18(28)10-31-19-24-23-17-7-6-15(25-26(17)19)11-2-1-3-13(8-11)27(29)30/h1-9H,10H2,(H,22,28). The van der Waals surface area contributed by atoms with E-state index in [4.69, 9.17) is 0 Å². The molecule has 9 nitrogen and oxygen atoms in total. The monoisotopic (exact) mass is 442 g/mol. The number of halogens is 2. The summed E-state index contributed by atoms with van der Waals surface area (Å²) >= 11 is 1.01. The highest BCUT2D eigenvalue weighted by Gasteiger charge is 2.14. The number of hydrogen-bond donors (Lipinski definition) is 1. The Kier molecular flexibility index (Phi) is 5.54. The molecule has 2 heterocycles. The largest absolute Gasteiger partial charge is 0.323 e. The smallest absolute Gasteiger partial charge is 0.270 e. The van der Waals surface area contributed by atoms with E-state index in [2.05, 4.69) is 20.6 Å². The van der Waals surface area contributed by atoms with Crippen molar-refractivity contribution in [2.24, 2.45) is 0 Å². The predicted octanol–water partition coefficient (Wildman–Crippen LogP) is 3.71. The second-order valence-electron chi connectivity index (χ2n) is 6.24. The lowest BCUT2D eigenvalue weighted by Crippen LogP contribution is -2.15. The number of non-ortho nitro benzene ring substituents is 1. The van der Waals surface area contributed by atoms with Crippen molar-refractivity contribution >= 4 is 34.7 Å². The van der Waals surface area contributed by atoms with Crippen molar-refractivity contribution in [3.8, 4) is 11.3 Å². The average Bonchev–Trinajstić information content (AvgIpc) is 3.16. The number of rotatable bonds is 6. The molecule has 0 aliphatic carbocycles. The lowest BCUT2D eigenvalue weighted by atomic mass is 10.1. The van der Waals surface area contributed by atoms with Gasteiger partial charge in [0.15, 0.2) is 5.65 Å². The summed E-state index contributed by atoms with van der Waals surface area (Å²) < 4.78 is 28.1. The molecule has 0 aliphatic rings. The van der Waals surface area contributed by atoms with E-state index in [0.717, 1.165) is 23.9 Å². The molecule has 2 aromatic carbocycles. The normalized spacial score (nSPS) is 10.9. The van der Waals surface area contributed by atoms with Crippen molar-refractivity contribution in [1.29, 1.82) is 0 Å². The van der Waals surface area contributed by atoms with Gasteiger partial charge in [0.25, 0.3) is 5.69 Å². The van der Waals surface area contributed by atoms with Crippen LogP contribution in [0.1, 0.15) is 0 Å². The molecule has 0 aliphatic heterocycles. The van der Waals surface area contributed by atoms with E-state index in [0.29, 0.717) is 28.1 Å². The van der Waals surface area contributed by atoms with Gasteiger partial charge in [-0.05, 0) is 24.3 Å². The molecule has 1 N–H and O–H groups in total. The maximum Gasteiger partial charge on any atom is 0.270 e. The Morgan fingerprint density at radius 2 is 1.97 bits per heavy atom. The van der Waals surface area contributed by atoms with Crippen molar-refractivity contribution in [3.05, 3.63) is 76.3 Å². The van der Waals surface area contributed by atoms with E-state index in [-0.39, 0.29) is 17.1 Å². The van der Waals surface area contributed by atoms with Crippen molar-refractivity contribution in [2.45, 2.75) is 5.16 Å². The Balaban J connectivity index is 1.52. The second-order valence-corrected chi connectivity index (χ2v) is 7.18. The summed E-state index contributed by atoms with van der Waals surface area (Å²) in [6.07, 6.45) is 0. The van der Waals surface area contributed by atoms with Gasteiger partial charge in [-0.25, -0.2) is 8.78 Å². The van der Waals surface area contributed by atoms with Crippen molar-refractivity contribution in [2.75, 3.05) is 11.1 Å². The van der Waals surface area contributed by atoms with Gasteiger partial charge in [-0.1, -0.05) is 23.9 Å². The van der Waals surface area contributed by atoms with Crippen LogP contribution in [0.3, 0.4) is 0 Å². The van der Waals surface area contributed by atoms with Crippen molar-refractivity contribution < 1.29 is 18.5 Å². The molecule has 0 bridgehead atoms. The molecule has 0 spiro atoms. The second kappa shape index (κ2) is 8.44. The van der Waals surface area contributed by atoms with Crippen LogP contribution in [0.4, 0.5) is 20.2 Å². The number of nitrogens with one attached hydrogen (secondary N) is 1. The Labute approximate surface area is 177 Å². The summed E-state index contributed by atoms with van der Waals surface area (Å²) in [6.45, 7) is 0. The summed E-state index contributed by atoms with van der Waals surface area (Å²) in [5, 5.41) is 26.0. The molecule has 0 radical (unpaired) electrons. The minimum Gasteiger partial charge on any atom is -0.323 e. The van der Waals surface area contributed by atoms with E-state index in [9.17, 15) is 23.7 Å². The number of thioether (sulfide) groups is 1. The highest BCUT2D eigenvalue weighted by atomic mass is 32.2. The zero-order valence-corrected chi connectivity index (χ0v) is 16.3. The van der Waals surface area contributed by atoms with E-state index in [1.54, 1.807) is 24.3 Å².